The molecule has 30 heavy (non-hydrogen) atoms. The van der Waals surface area contributed by atoms with Crippen molar-refractivity contribution in [3.63, 3.8) is 0 Å². The molecule has 0 saturated heterocycles. The van der Waals surface area contributed by atoms with E-state index >= 15 is 0 Å². The number of anilines is 1. The van der Waals surface area contributed by atoms with E-state index in [1.807, 2.05) is 37.0 Å². The van der Waals surface area contributed by atoms with Crippen LogP contribution >= 0.6 is 24.0 Å². The zero-order valence-corrected chi connectivity index (χ0v) is 21.1. The lowest BCUT2D eigenvalue weighted by atomic mass is 10.1. The number of aryl methyl sites for hydroxylation is 1. The van der Waals surface area contributed by atoms with Crippen molar-refractivity contribution in [3.05, 3.63) is 41.2 Å². The van der Waals surface area contributed by atoms with Crippen LogP contribution in [0.3, 0.4) is 0 Å². The van der Waals surface area contributed by atoms with Gasteiger partial charge in [0.1, 0.15) is 5.75 Å². The van der Waals surface area contributed by atoms with Gasteiger partial charge in [0.05, 0.1) is 18.5 Å². The van der Waals surface area contributed by atoms with Gasteiger partial charge in [0, 0.05) is 52.9 Å². The standard InChI is InChI=1S/C21H32N6O2.HI/c1-14(2)20-17(13-27(6)25-20)12-26(5)21(22-4)23-11-16-8-9-19(29-7)18(10-16)24-15(3)28;/h8-10,13-14H,11-12H2,1-7H3,(H,22,23)(H,24,28);1H. The van der Waals surface area contributed by atoms with Crippen LogP contribution in [0.1, 0.15) is 43.5 Å². The molecule has 2 rings (SSSR count). The molecule has 9 heteroatoms. The second-order valence-electron chi connectivity index (χ2n) is 7.34. The maximum Gasteiger partial charge on any atom is 0.221 e. The number of hydrogen-bond donors (Lipinski definition) is 2. The van der Waals surface area contributed by atoms with E-state index in [0.717, 1.165) is 17.2 Å². The zero-order valence-electron chi connectivity index (χ0n) is 18.8. The van der Waals surface area contributed by atoms with Gasteiger partial charge in [0.25, 0.3) is 0 Å². The summed E-state index contributed by atoms with van der Waals surface area (Å²) in [4.78, 5) is 17.9. The Kier molecular flexibility index (Phi) is 10.1. The van der Waals surface area contributed by atoms with Crippen LogP contribution in [0.4, 0.5) is 5.69 Å². The smallest absolute Gasteiger partial charge is 0.221 e. The Labute approximate surface area is 196 Å². The first-order chi connectivity index (χ1) is 13.7. The summed E-state index contributed by atoms with van der Waals surface area (Å²) >= 11 is 0. The summed E-state index contributed by atoms with van der Waals surface area (Å²) in [6, 6.07) is 5.71. The molecule has 1 amide bonds. The summed E-state index contributed by atoms with van der Waals surface area (Å²) in [5, 5.41) is 10.7. The van der Waals surface area contributed by atoms with Crippen LogP contribution in [0, 0.1) is 0 Å². The van der Waals surface area contributed by atoms with Crippen molar-refractivity contribution in [1.29, 1.82) is 0 Å². The third-order valence-corrected chi connectivity index (χ3v) is 4.49. The molecule has 1 aromatic heterocycles. The number of halogens is 1. The number of amides is 1. The Bertz CT molecular complexity index is 878. The van der Waals surface area contributed by atoms with Crippen molar-refractivity contribution in [3.8, 4) is 5.75 Å². The summed E-state index contributed by atoms with van der Waals surface area (Å²) in [5.41, 5.74) is 3.95. The third kappa shape index (κ3) is 6.89. The minimum Gasteiger partial charge on any atom is -0.495 e. The van der Waals surface area contributed by atoms with E-state index in [0.29, 0.717) is 30.4 Å². The minimum atomic E-state index is -0.138. The Morgan fingerprint density at radius 3 is 2.63 bits per heavy atom. The molecule has 2 aromatic rings. The molecule has 0 atom stereocenters. The Morgan fingerprint density at radius 1 is 1.37 bits per heavy atom. The van der Waals surface area contributed by atoms with E-state index in [9.17, 15) is 4.79 Å². The second-order valence-corrected chi connectivity index (χ2v) is 7.34. The molecule has 0 saturated carbocycles. The number of carbonyl (C=O) groups excluding carboxylic acids is 1. The van der Waals surface area contributed by atoms with E-state index < -0.39 is 0 Å². The quantitative estimate of drug-likeness (QED) is 0.327. The van der Waals surface area contributed by atoms with Crippen molar-refractivity contribution in [1.82, 2.24) is 20.0 Å². The Morgan fingerprint density at radius 2 is 2.07 bits per heavy atom. The summed E-state index contributed by atoms with van der Waals surface area (Å²) in [6.45, 7) is 7.05. The van der Waals surface area contributed by atoms with Gasteiger partial charge in [-0.1, -0.05) is 19.9 Å². The molecule has 0 spiro atoms. The molecule has 0 unspecified atom stereocenters. The van der Waals surface area contributed by atoms with Gasteiger partial charge in [-0.3, -0.25) is 14.5 Å². The predicted molar refractivity (Wildman–Crippen MR) is 132 cm³/mol. The Balaban J connectivity index is 0.00000450. The lowest BCUT2D eigenvalue weighted by Crippen LogP contribution is -2.38. The van der Waals surface area contributed by atoms with E-state index in [1.54, 1.807) is 14.2 Å². The number of carbonyl (C=O) groups is 1. The van der Waals surface area contributed by atoms with Gasteiger partial charge in [0.15, 0.2) is 5.96 Å². The highest BCUT2D eigenvalue weighted by molar-refractivity contribution is 14.0. The number of methoxy groups -OCH3 is 1. The monoisotopic (exact) mass is 528 g/mol. The lowest BCUT2D eigenvalue weighted by Gasteiger charge is -2.22. The van der Waals surface area contributed by atoms with Crippen molar-refractivity contribution < 1.29 is 9.53 Å². The van der Waals surface area contributed by atoms with E-state index in [2.05, 4.69) is 45.7 Å². The van der Waals surface area contributed by atoms with Crippen LogP contribution in [-0.4, -0.2) is 47.8 Å². The highest BCUT2D eigenvalue weighted by atomic mass is 127. The van der Waals surface area contributed by atoms with Gasteiger partial charge in [-0.2, -0.15) is 5.10 Å². The summed E-state index contributed by atoms with van der Waals surface area (Å²) in [7, 11) is 7.30. The summed E-state index contributed by atoms with van der Waals surface area (Å²) < 4.78 is 7.17. The average Bonchev–Trinajstić information content (AvgIpc) is 3.02. The van der Waals surface area contributed by atoms with Crippen LogP contribution in [0.2, 0.25) is 0 Å². The van der Waals surface area contributed by atoms with Crippen LogP contribution in [0.15, 0.2) is 29.4 Å². The maximum absolute atomic E-state index is 11.4. The number of ether oxygens (including phenoxy) is 1. The number of hydrogen-bond acceptors (Lipinski definition) is 4. The highest BCUT2D eigenvalue weighted by Crippen LogP contribution is 2.25. The molecule has 0 aliphatic rings. The third-order valence-electron chi connectivity index (χ3n) is 4.49. The SMILES string of the molecule is CN=C(NCc1ccc(OC)c(NC(C)=O)c1)N(C)Cc1cn(C)nc1C(C)C.I. The van der Waals surface area contributed by atoms with Crippen LogP contribution < -0.4 is 15.4 Å². The number of guanidine groups is 1. The van der Waals surface area contributed by atoms with E-state index in [4.69, 9.17) is 4.74 Å². The fourth-order valence-electron chi connectivity index (χ4n) is 3.21. The number of nitrogens with zero attached hydrogens (tertiary/aromatic N) is 4. The van der Waals surface area contributed by atoms with Crippen LogP contribution in [0.25, 0.3) is 0 Å². The van der Waals surface area contributed by atoms with Crippen molar-refractivity contribution >= 4 is 41.5 Å². The number of rotatable bonds is 7. The molecule has 2 N–H and O–H groups in total. The van der Waals surface area contributed by atoms with Gasteiger partial charge in [-0.25, -0.2) is 0 Å². The molecule has 1 heterocycles. The molecule has 1 aromatic carbocycles. The maximum atomic E-state index is 11.4. The number of nitrogens with one attached hydrogen (secondary N) is 2. The van der Waals surface area contributed by atoms with Gasteiger partial charge in [0.2, 0.25) is 5.91 Å². The second kappa shape index (κ2) is 11.8. The summed E-state index contributed by atoms with van der Waals surface area (Å²) in [5.74, 6) is 1.63. The van der Waals surface area contributed by atoms with Crippen LogP contribution in [-0.2, 0) is 24.9 Å². The van der Waals surface area contributed by atoms with E-state index in [1.165, 1.54) is 12.5 Å². The molecular formula is C21H33IN6O2. The topological polar surface area (TPSA) is 83.8 Å². The largest absolute Gasteiger partial charge is 0.495 e. The van der Waals surface area contributed by atoms with Gasteiger partial charge < -0.3 is 20.3 Å². The number of benzene rings is 1. The molecule has 8 nitrogen and oxygen atoms in total. The normalized spacial score (nSPS) is 11.1. The van der Waals surface area contributed by atoms with Crippen molar-refractivity contribution in [2.24, 2.45) is 12.0 Å². The lowest BCUT2D eigenvalue weighted by molar-refractivity contribution is -0.114. The molecule has 166 valence electrons. The highest BCUT2D eigenvalue weighted by Gasteiger charge is 2.15. The first kappa shape index (κ1) is 25.7. The summed E-state index contributed by atoms with van der Waals surface area (Å²) in [6.07, 6.45) is 2.06. The van der Waals surface area contributed by atoms with Crippen molar-refractivity contribution in [2.45, 2.75) is 39.8 Å². The van der Waals surface area contributed by atoms with Crippen molar-refractivity contribution in [2.75, 3.05) is 26.5 Å². The number of aromatic nitrogens is 2. The molecule has 0 fully saturated rings. The number of aliphatic imine (C=N–C) groups is 1. The average molecular weight is 528 g/mol. The Hall–Kier alpha value is -2.30. The van der Waals surface area contributed by atoms with Gasteiger partial charge >= 0.3 is 0 Å². The van der Waals surface area contributed by atoms with Gasteiger partial charge in [-0.05, 0) is 23.6 Å². The molecule has 0 radical (unpaired) electrons. The molecule has 0 aliphatic heterocycles. The first-order valence-corrected chi connectivity index (χ1v) is 9.63. The zero-order chi connectivity index (χ0) is 21.6. The fraction of sp³-hybridized carbons (Fsp3) is 0.476. The molecule has 0 bridgehead atoms. The molecule has 0 aliphatic carbocycles. The first-order valence-electron chi connectivity index (χ1n) is 9.63. The van der Waals surface area contributed by atoms with Gasteiger partial charge in [-0.15, -0.1) is 24.0 Å². The molecular weight excluding hydrogens is 495 g/mol. The fourth-order valence-corrected chi connectivity index (χ4v) is 3.21. The van der Waals surface area contributed by atoms with E-state index in [-0.39, 0.29) is 29.9 Å². The minimum absolute atomic E-state index is 0. The predicted octanol–water partition coefficient (Wildman–Crippen LogP) is 3.34. The van der Waals surface area contributed by atoms with Crippen LogP contribution in [0.5, 0.6) is 5.75 Å².